The summed E-state index contributed by atoms with van der Waals surface area (Å²) in [6.07, 6.45) is 2.02. The van der Waals surface area contributed by atoms with Gasteiger partial charge in [-0.2, -0.15) is 0 Å². The van der Waals surface area contributed by atoms with Crippen LogP contribution in [0.25, 0.3) is 0 Å². The molecule has 0 spiro atoms. The van der Waals surface area contributed by atoms with E-state index in [4.69, 9.17) is 0 Å². The van der Waals surface area contributed by atoms with Crippen molar-refractivity contribution < 1.29 is 4.39 Å². The van der Waals surface area contributed by atoms with E-state index in [2.05, 4.69) is 46.5 Å². The summed E-state index contributed by atoms with van der Waals surface area (Å²) in [5.74, 6) is 0.348. The SMILES string of the molecule is CC(C)NCC(Cc1ccc(F)cc1)Cc1cc(Br)cs1. The van der Waals surface area contributed by atoms with Crippen LogP contribution in [0.15, 0.2) is 40.2 Å². The van der Waals surface area contributed by atoms with Gasteiger partial charge in [-0.15, -0.1) is 11.3 Å². The Morgan fingerprint density at radius 1 is 1.19 bits per heavy atom. The fraction of sp³-hybridized carbons (Fsp3) is 0.412. The minimum atomic E-state index is -0.169. The summed E-state index contributed by atoms with van der Waals surface area (Å²) in [6.45, 7) is 5.30. The van der Waals surface area contributed by atoms with Crippen molar-refractivity contribution in [3.05, 3.63) is 56.4 Å². The molecular weight excluding hydrogens is 349 g/mol. The molecule has 114 valence electrons. The van der Waals surface area contributed by atoms with Gasteiger partial charge < -0.3 is 5.32 Å². The molecule has 1 nitrogen and oxygen atoms in total. The van der Waals surface area contributed by atoms with E-state index in [1.54, 1.807) is 23.5 Å². The van der Waals surface area contributed by atoms with E-state index in [9.17, 15) is 4.39 Å². The van der Waals surface area contributed by atoms with Crippen LogP contribution in [0.3, 0.4) is 0 Å². The van der Waals surface area contributed by atoms with Crippen LogP contribution in [0.2, 0.25) is 0 Å². The van der Waals surface area contributed by atoms with Crippen LogP contribution < -0.4 is 5.32 Å². The summed E-state index contributed by atoms with van der Waals surface area (Å²) in [4.78, 5) is 1.39. The van der Waals surface area contributed by atoms with Crippen LogP contribution >= 0.6 is 27.3 Å². The molecule has 0 bridgehead atoms. The first kappa shape index (κ1) is 16.7. The number of halogens is 2. The molecule has 21 heavy (non-hydrogen) atoms. The van der Waals surface area contributed by atoms with Gasteiger partial charge in [0.1, 0.15) is 5.82 Å². The molecule has 1 heterocycles. The molecule has 0 saturated carbocycles. The van der Waals surface area contributed by atoms with Crippen LogP contribution in [0, 0.1) is 11.7 Å². The second-order valence-electron chi connectivity index (χ2n) is 5.69. The summed E-state index contributed by atoms with van der Waals surface area (Å²) in [5, 5.41) is 5.65. The van der Waals surface area contributed by atoms with Gasteiger partial charge in [0.15, 0.2) is 0 Å². The van der Waals surface area contributed by atoms with Crippen molar-refractivity contribution >= 4 is 27.3 Å². The Morgan fingerprint density at radius 3 is 2.48 bits per heavy atom. The normalized spacial score (nSPS) is 12.8. The molecular formula is C17H21BrFNS. The molecule has 1 N–H and O–H groups in total. The fourth-order valence-corrected chi connectivity index (χ4v) is 3.89. The molecule has 0 aliphatic heterocycles. The minimum Gasteiger partial charge on any atom is -0.314 e. The van der Waals surface area contributed by atoms with Crippen LogP contribution in [0.5, 0.6) is 0 Å². The lowest BCUT2D eigenvalue weighted by Crippen LogP contribution is -2.30. The van der Waals surface area contributed by atoms with E-state index in [1.165, 1.54) is 10.4 Å². The summed E-state index contributed by atoms with van der Waals surface area (Å²) in [6, 6.07) is 9.55. The minimum absolute atomic E-state index is 0.169. The molecule has 0 amide bonds. The van der Waals surface area contributed by atoms with Gasteiger partial charge in [0, 0.05) is 20.8 Å². The lowest BCUT2D eigenvalue weighted by Gasteiger charge is -2.19. The van der Waals surface area contributed by atoms with Crippen LogP contribution in [0.1, 0.15) is 24.3 Å². The first-order valence-electron chi connectivity index (χ1n) is 7.23. The van der Waals surface area contributed by atoms with E-state index in [1.807, 2.05) is 12.1 Å². The smallest absolute Gasteiger partial charge is 0.123 e. The second kappa shape index (κ2) is 8.06. The summed E-state index contributed by atoms with van der Waals surface area (Å²) in [7, 11) is 0. The van der Waals surface area contributed by atoms with Gasteiger partial charge in [0.05, 0.1) is 0 Å². The molecule has 2 aromatic rings. The monoisotopic (exact) mass is 369 g/mol. The molecule has 0 fully saturated rings. The van der Waals surface area contributed by atoms with Crippen molar-refractivity contribution in [2.24, 2.45) is 5.92 Å². The highest BCUT2D eigenvalue weighted by Gasteiger charge is 2.13. The van der Waals surface area contributed by atoms with E-state index in [0.29, 0.717) is 12.0 Å². The third-order valence-electron chi connectivity index (χ3n) is 3.36. The highest BCUT2D eigenvalue weighted by Crippen LogP contribution is 2.24. The van der Waals surface area contributed by atoms with E-state index < -0.39 is 0 Å². The maximum atomic E-state index is 13.0. The van der Waals surface area contributed by atoms with Gasteiger partial charge >= 0.3 is 0 Å². The average molecular weight is 370 g/mol. The lowest BCUT2D eigenvalue weighted by atomic mass is 9.95. The zero-order valence-electron chi connectivity index (χ0n) is 12.4. The predicted octanol–water partition coefficient (Wildman–Crippen LogP) is 5.05. The summed E-state index contributed by atoms with van der Waals surface area (Å²) < 4.78 is 14.2. The largest absolute Gasteiger partial charge is 0.314 e. The molecule has 0 aliphatic rings. The maximum absolute atomic E-state index is 13.0. The molecule has 0 radical (unpaired) electrons. The Hall–Kier alpha value is -0.710. The number of rotatable bonds is 7. The van der Waals surface area contributed by atoms with Crippen molar-refractivity contribution in [3.63, 3.8) is 0 Å². The standard InChI is InChI=1S/C17H21BrFNS/c1-12(2)20-10-14(8-17-9-15(18)11-21-17)7-13-3-5-16(19)6-4-13/h3-6,9,11-12,14,20H,7-8,10H2,1-2H3. The Balaban J connectivity index is 2.02. The van der Waals surface area contributed by atoms with Gasteiger partial charge in [0.2, 0.25) is 0 Å². The van der Waals surface area contributed by atoms with Gasteiger partial charge in [-0.3, -0.25) is 0 Å². The Morgan fingerprint density at radius 2 is 1.90 bits per heavy atom. The number of thiophene rings is 1. The zero-order chi connectivity index (χ0) is 15.2. The van der Waals surface area contributed by atoms with Crippen molar-refractivity contribution in [3.8, 4) is 0 Å². The molecule has 1 aromatic carbocycles. The third kappa shape index (κ3) is 5.89. The summed E-state index contributed by atoms with van der Waals surface area (Å²) >= 11 is 5.30. The van der Waals surface area contributed by atoms with Gasteiger partial charge in [0.25, 0.3) is 0 Å². The molecule has 0 saturated heterocycles. The van der Waals surface area contributed by atoms with Crippen molar-refractivity contribution in [2.75, 3.05) is 6.54 Å². The fourth-order valence-electron chi connectivity index (χ4n) is 2.32. The lowest BCUT2D eigenvalue weighted by molar-refractivity contribution is 0.446. The topological polar surface area (TPSA) is 12.0 Å². The van der Waals surface area contributed by atoms with Gasteiger partial charge in [-0.1, -0.05) is 26.0 Å². The highest BCUT2D eigenvalue weighted by molar-refractivity contribution is 9.10. The van der Waals surface area contributed by atoms with Crippen molar-refractivity contribution in [2.45, 2.75) is 32.7 Å². The molecule has 4 heteroatoms. The predicted molar refractivity (Wildman–Crippen MR) is 92.5 cm³/mol. The number of nitrogens with one attached hydrogen (secondary N) is 1. The molecule has 1 atom stereocenters. The maximum Gasteiger partial charge on any atom is 0.123 e. The average Bonchev–Trinajstić information content (AvgIpc) is 2.84. The van der Waals surface area contributed by atoms with Crippen LogP contribution in [-0.2, 0) is 12.8 Å². The quantitative estimate of drug-likeness (QED) is 0.719. The van der Waals surface area contributed by atoms with Gasteiger partial charge in [-0.05, 0) is 65.0 Å². The first-order valence-corrected chi connectivity index (χ1v) is 8.91. The number of hydrogen-bond donors (Lipinski definition) is 1. The van der Waals surface area contributed by atoms with Crippen molar-refractivity contribution in [1.82, 2.24) is 5.32 Å². The van der Waals surface area contributed by atoms with Gasteiger partial charge in [-0.25, -0.2) is 4.39 Å². The number of hydrogen-bond acceptors (Lipinski definition) is 2. The molecule has 1 unspecified atom stereocenters. The van der Waals surface area contributed by atoms with E-state index in [0.717, 1.165) is 23.9 Å². The second-order valence-corrected chi connectivity index (χ2v) is 7.61. The Bertz CT molecular complexity index is 550. The molecule has 2 rings (SSSR count). The van der Waals surface area contributed by atoms with E-state index in [-0.39, 0.29) is 5.82 Å². The molecule has 1 aromatic heterocycles. The first-order chi connectivity index (χ1) is 10.0. The van der Waals surface area contributed by atoms with Crippen LogP contribution in [-0.4, -0.2) is 12.6 Å². The Labute approximate surface area is 138 Å². The number of benzene rings is 1. The molecule has 0 aliphatic carbocycles. The zero-order valence-corrected chi connectivity index (χ0v) is 14.8. The Kier molecular flexibility index (Phi) is 6.40. The highest BCUT2D eigenvalue weighted by atomic mass is 79.9. The van der Waals surface area contributed by atoms with Crippen molar-refractivity contribution in [1.29, 1.82) is 0 Å². The van der Waals surface area contributed by atoms with E-state index >= 15 is 0 Å². The third-order valence-corrected chi connectivity index (χ3v) is 5.08. The summed E-state index contributed by atoms with van der Waals surface area (Å²) in [5.41, 5.74) is 1.20. The van der Waals surface area contributed by atoms with Crippen LogP contribution in [0.4, 0.5) is 4.39 Å².